The lowest BCUT2D eigenvalue weighted by molar-refractivity contribution is 0.672. The molecule has 0 N–H and O–H groups in total. The molecule has 0 spiro atoms. The van der Waals surface area contributed by atoms with E-state index in [-0.39, 0.29) is 5.92 Å². The van der Waals surface area contributed by atoms with Gasteiger partial charge in [-0.1, -0.05) is 200 Å². The van der Waals surface area contributed by atoms with Crippen molar-refractivity contribution in [3.63, 3.8) is 0 Å². The number of benzene rings is 9. The van der Waals surface area contributed by atoms with Crippen LogP contribution >= 0.6 is 0 Å². The summed E-state index contributed by atoms with van der Waals surface area (Å²) in [4.78, 5) is 2.46. The van der Waals surface area contributed by atoms with Crippen molar-refractivity contribution in [2.75, 3.05) is 4.90 Å². The SMILES string of the molecule is C1=CCC(c2cccc3oc4c5ccccc5c(N(c5ccc(-c6ccccc6)cc5)c5ccccc5-c5ccc(-c6ccccc6)cc5)cc4c23)C(c2ccccc2)=C1. The van der Waals surface area contributed by atoms with E-state index in [1.807, 2.05) is 0 Å². The molecule has 0 radical (unpaired) electrons. The molecule has 11 rings (SSSR count). The Bertz CT molecular complexity index is 3200. The number of rotatable bonds is 8. The average molecular weight is 768 g/mol. The van der Waals surface area contributed by atoms with Gasteiger partial charge in [-0.25, -0.2) is 0 Å². The van der Waals surface area contributed by atoms with Crippen molar-refractivity contribution >= 4 is 55.3 Å². The van der Waals surface area contributed by atoms with Gasteiger partial charge in [0.25, 0.3) is 0 Å². The van der Waals surface area contributed by atoms with Gasteiger partial charge in [-0.15, -0.1) is 0 Å². The van der Waals surface area contributed by atoms with Crippen LogP contribution < -0.4 is 4.90 Å². The van der Waals surface area contributed by atoms with E-state index in [0.29, 0.717) is 0 Å². The smallest absolute Gasteiger partial charge is 0.143 e. The Morgan fingerprint density at radius 3 is 1.70 bits per heavy atom. The summed E-state index contributed by atoms with van der Waals surface area (Å²) in [6.45, 7) is 0. The highest BCUT2D eigenvalue weighted by Crippen LogP contribution is 2.49. The van der Waals surface area contributed by atoms with Gasteiger partial charge in [0, 0.05) is 38.7 Å². The Morgan fingerprint density at radius 2 is 1.00 bits per heavy atom. The van der Waals surface area contributed by atoms with Crippen LogP contribution in [0.15, 0.2) is 235 Å². The second kappa shape index (κ2) is 15.2. The predicted octanol–water partition coefficient (Wildman–Crippen LogP) is 16.3. The van der Waals surface area contributed by atoms with E-state index in [2.05, 4.69) is 235 Å². The van der Waals surface area contributed by atoms with E-state index in [4.69, 9.17) is 4.42 Å². The number of para-hydroxylation sites is 1. The van der Waals surface area contributed by atoms with Gasteiger partial charge in [-0.3, -0.25) is 0 Å². The van der Waals surface area contributed by atoms with Crippen molar-refractivity contribution in [1.82, 2.24) is 0 Å². The summed E-state index contributed by atoms with van der Waals surface area (Å²) in [5, 5.41) is 4.50. The van der Waals surface area contributed by atoms with Crippen molar-refractivity contribution in [1.29, 1.82) is 0 Å². The molecule has 1 aliphatic rings. The fourth-order valence-corrected chi connectivity index (χ4v) is 9.21. The van der Waals surface area contributed by atoms with Gasteiger partial charge in [-0.05, 0) is 81.3 Å². The standard InChI is InChI=1S/C58H41NO/c1-4-17-40(18-5-1)42-31-33-45(34-32-42)48-24-14-15-29-54(48)59(46-37-35-43(36-38-46)41-19-6-2-7-20-41)55-39-53-57-51(49-25-11-10-23-47(49)44-21-8-3-9-22-44)28-16-30-56(57)60-58(53)52-27-13-12-26-50(52)55/h1-24,26-39,49H,25H2. The van der Waals surface area contributed by atoms with Crippen LogP contribution in [-0.4, -0.2) is 0 Å². The van der Waals surface area contributed by atoms with E-state index in [1.165, 1.54) is 44.3 Å². The minimum atomic E-state index is 0.179. The summed E-state index contributed by atoms with van der Waals surface area (Å²) in [5.41, 5.74) is 16.0. The summed E-state index contributed by atoms with van der Waals surface area (Å²) < 4.78 is 6.93. The number of hydrogen-bond acceptors (Lipinski definition) is 2. The first-order valence-corrected chi connectivity index (χ1v) is 20.8. The van der Waals surface area contributed by atoms with Gasteiger partial charge in [0.15, 0.2) is 0 Å². The van der Waals surface area contributed by atoms with Crippen LogP contribution in [0.5, 0.6) is 0 Å². The zero-order chi connectivity index (χ0) is 39.8. The molecule has 0 saturated carbocycles. The molecule has 1 aliphatic carbocycles. The van der Waals surface area contributed by atoms with E-state index in [1.54, 1.807) is 0 Å². The lowest BCUT2D eigenvalue weighted by atomic mass is 9.80. The maximum atomic E-state index is 6.93. The third-order valence-electron chi connectivity index (χ3n) is 12.1. The fourth-order valence-electron chi connectivity index (χ4n) is 9.21. The van der Waals surface area contributed by atoms with Crippen molar-refractivity contribution in [3.05, 3.63) is 242 Å². The zero-order valence-electron chi connectivity index (χ0n) is 33.1. The molecule has 0 fully saturated rings. The number of furan rings is 1. The normalized spacial score (nSPS) is 13.8. The zero-order valence-corrected chi connectivity index (χ0v) is 33.1. The minimum Gasteiger partial charge on any atom is -0.455 e. The number of nitrogens with zero attached hydrogens (tertiary/aromatic N) is 1. The molecule has 0 saturated heterocycles. The highest BCUT2D eigenvalue weighted by molar-refractivity contribution is 6.21. The molecule has 0 aliphatic heterocycles. The monoisotopic (exact) mass is 767 g/mol. The summed E-state index contributed by atoms with van der Waals surface area (Å²) >= 11 is 0. The van der Waals surface area contributed by atoms with Crippen LogP contribution in [0.1, 0.15) is 23.5 Å². The molecular formula is C58H41NO. The number of fused-ring (bicyclic) bond motifs is 5. The quantitative estimate of drug-likeness (QED) is 0.153. The molecule has 60 heavy (non-hydrogen) atoms. The molecule has 9 aromatic carbocycles. The molecule has 2 nitrogen and oxygen atoms in total. The first kappa shape index (κ1) is 35.5. The van der Waals surface area contributed by atoms with Crippen molar-refractivity contribution in [2.45, 2.75) is 12.3 Å². The third-order valence-corrected chi connectivity index (χ3v) is 12.1. The summed E-state index contributed by atoms with van der Waals surface area (Å²) in [5.74, 6) is 0.179. The Hall–Kier alpha value is -7.68. The lowest BCUT2D eigenvalue weighted by Gasteiger charge is -2.29. The van der Waals surface area contributed by atoms with Gasteiger partial charge in [0.1, 0.15) is 11.2 Å². The van der Waals surface area contributed by atoms with Crippen LogP contribution in [0.2, 0.25) is 0 Å². The third kappa shape index (κ3) is 6.31. The fraction of sp³-hybridized carbons (Fsp3) is 0.0345. The molecule has 0 amide bonds. The average Bonchev–Trinajstić information content (AvgIpc) is 3.72. The molecule has 1 aromatic heterocycles. The maximum Gasteiger partial charge on any atom is 0.143 e. The summed E-state index contributed by atoms with van der Waals surface area (Å²) in [7, 11) is 0. The second-order valence-electron chi connectivity index (χ2n) is 15.6. The highest BCUT2D eigenvalue weighted by Gasteiger charge is 2.27. The van der Waals surface area contributed by atoms with Gasteiger partial charge in [0.05, 0.1) is 11.4 Å². The molecule has 284 valence electrons. The molecule has 1 atom stereocenters. The molecular weight excluding hydrogens is 727 g/mol. The van der Waals surface area contributed by atoms with Crippen LogP contribution in [0.3, 0.4) is 0 Å². The van der Waals surface area contributed by atoms with Crippen molar-refractivity contribution < 1.29 is 4.42 Å². The largest absolute Gasteiger partial charge is 0.455 e. The first-order chi connectivity index (χ1) is 29.8. The van der Waals surface area contributed by atoms with Gasteiger partial charge in [-0.2, -0.15) is 0 Å². The summed E-state index contributed by atoms with van der Waals surface area (Å²) in [6, 6.07) is 76.5. The second-order valence-corrected chi connectivity index (χ2v) is 15.6. The molecule has 1 heterocycles. The lowest BCUT2D eigenvalue weighted by Crippen LogP contribution is -2.12. The molecule has 10 aromatic rings. The van der Waals surface area contributed by atoms with Gasteiger partial charge >= 0.3 is 0 Å². The van der Waals surface area contributed by atoms with Gasteiger partial charge < -0.3 is 9.32 Å². The van der Waals surface area contributed by atoms with E-state index >= 15 is 0 Å². The van der Waals surface area contributed by atoms with Crippen molar-refractivity contribution in [2.24, 2.45) is 0 Å². The van der Waals surface area contributed by atoms with Crippen LogP contribution in [0.25, 0.3) is 71.7 Å². The Labute approximate surface area is 350 Å². The van der Waals surface area contributed by atoms with E-state index in [9.17, 15) is 0 Å². The Kier molecular flexibility index (Phi) is 9.02. The van der Waals surface area contributed by atoms with E-state index in [0.717, 1.165) is 61.9 Å². The Morgan fingerprint density at radius 1 is 0.433 bits per heavy atom. The number of hydrogen-bond donors (Lipinski definition) is 0. The van der Waals surface area contributed by atoms with Crippen LogP contribution in [0.4, 0.5) is 17.1 Å². The molecule has 1 unspecified atom stereocenters. The number of anilines is 3. The maximum absolute atomic E-state index is 6.93. The topological polar surface area (TPSA) is 16.4 Å². The summed E-state index contributed by atoms with van der Waals surface area (Å²) in [6.07, 6.45) is 7.70. The van der Waals surface area contributed by atoms with Crippen LogP contribution in [-0.2, 0) is 0 Å². The minimum absolute atomic E-state index is 0.179. The van der Waals surface area contributed by atoms with E-state index < -0.39 is 0 Å². The van der Waals surface area contributed by atoms with Crippen LogP contribution in [0, 0.1) is 0 Å². The number of allylic oxidation sites excluding steroid dienone is 4. The Balaban J connectivity index is 1.14. The highest BCUT2D eigenvalue weighted by atomic mass is 16.3. The van der Waals surface area contributed by atoms with Gasteiger partial charge in [0.2, 0.25) is 0 Å². The molecule has 2 heteroatoms. The predicted molar refractivity (Wildman–Crippen MR) is 253 cm³/mol. The first-order valence-electron chi connectivity index (χ1n) is 20.8. The van der Waals surface area contributed by atoms with Crippen molar-refractivity contribution in [3.8, 4) is 33.4 Å². The molecule has 0 bridgehead atoms.